The topological polar surface area (TPSA) is 51.2 Å². The fourth-order valence-corrected chi connectivity index (χ4v) is 1.43. The highest BCUT2D eigenvalue weighted by Gasteiger charge is 2.00. The Morgan fingerprint density at radius 2 is 2.43 bits per heavy atom. The molecule has 3 N–H and O–H groups in total. The van der Waals surface area contributed by atoms with Gasteiger partial charge < -0.3 is 15.5 Å². The second kappa shape index (κ2) is 6.62. The van der Waals surface area contributed by atoms with Gasteiger partial charge in [0, 0.05) is 25.6 Å². The van der Waals surface area contributed by atoms with Crippen molar-refractivity contribution in [1.29, 1.82) is 0 Å². The third-order valence-electron chi connectivity index (χ3n) is 2.19. The number of nitrogens with two attached hydrogens (primary N) is 1. The minimum Gasteiger partial charge on any atom is -0.469 e. The van der Waals surface area contributed by atoms with E-state index in [0.717, 1.165) is 38.1 Å². The summed E-state index contributed by atoms with van der Waals surface area (Å²) in [7, 11) is 0. The van der Waals surface area contributed by atoms with E-state index in [2.05, 4.69) is 12.2 Å². The summed E-state index contributed by atoms with van der Waals surface area (Å²) < 4.78 is 5.22. The Morgan fingerprint density at radius 1 is 1.57 bits per heavy atom. The van der Waals surface area contributed by atoms with Crippen LogP contribution in [0.5, 0.6) is 0 Å². The predicted molar refractivity (Wildman–Crippen MR) is 58.2 cm³/mol. The Morgan fingerprint density at radius 3 is 3.07 bits per heavy atom. The number of hydrogen-bond acceptors (Lipinski definition) is 3. The molecular weight excluding hydrogens is 176 g/mol. The Labute approximate surface area is 85.7 Å². The molecule has 0 spiro atoms. The van der Waals surface area contributed by atoms with Gasteiger partial charge in [0.15, 0.2) is 0 Å². The highest BCUT2D eigenvalue weighted by Crippen LogP contribution is 1.99. The fraction of sp³-hybridized carbons (Fsp3) is 0.636. The lowest BCUT2D eigenvalue weighted by molar-refractivity contribution is 0.486. The molecule has 0 aliphatic carbocycles. The molecule has 1 heterocycles. The van der Waals surface area contributed by atoms with Crippen LogP contribution in [0.2, 0.25) is 0 Å². The van der Waals surface area contributed by atoms with Crippen molar-refractivity contribution in [2.45, 2.75) is 32.2 Å². The minimum absolute atomic E-state index is 0.289. The number of nitrogens with one attached hydrogen (secondary N) is 1. The maximum atomic E-state index is 5.86. The van der Waals surface area contributed by atoms with Gasteiger partial charge in [0.2, 0.25) is 0 Å². The van der Waals surface area contributed by atoms with Gasteiger partial charge in [0.05, 0.1) is 6.26 Å². The third kappa shape index (κ3) is 4.44. The van der Waals surface area contributed by atoms with Crippen molar-refractivity contribution < 1.29 is 4.42 Å². The molecule has 0 fully saturated rings. The van der Waals surface area contributed by atoms with Crippen molar-refractivity contribution in [2.75, 3.05) is 13.1 Å². The molecule has 1 rings (SSSR count). The van der Waals surface area contributed by atoms with Crippen molar-refractivity contribution in [3.63, 3.8) is 0 Å². The molecule has 0 amide bonds. The first-order valence-corrected chi connectivity index (χ1v) is 5.31. The summed E-state index contributed by atoms with van der Waals surface area (Å²) in [6.07, 6.45) is 4.89. The van der Waals surface area contributed by atoms with Gasteiger partial charge in [-0.25, -0.2) is 0 Å². The summed E-state index contributed by atoms with van der Waals surface area (Å²) in [6.45, 7) is 3.99. The first-order chi connectivity index (χ1) is 6.83. The molecular formula is C11H20N2O. The first-order valence-electron chi connectivity index (χ1n) is 5.31. The second-order valence-electron chi connectivity index (χ2n) is 3.58. The Bertz CT molecular complexity index is 221. The Kier molecular flexibility index (Phi) is 5.33. The van der Waals surface area contributed by atoms with E-state index in [0.29, 0.717) is 0 Å². The zero-order valence-corrected chi connectivity index (χ0v) is 8.83. The van der Waals surface area contributed by atoms with Gasteiger partial charge in [-0.1, -0.05) is 13.3 Å². The largest absolute Gasteiger partial charge is 0.469 e. The molecule has 14 heavy (non-hydrogen) atoms. The molecule has 1 aromatic rings. The lowest BCUT2D eigenvalue weighted by atomic mass is 10.2. The lowest BCUT2D eigenvalue weighted by Gasteiger charge is -2.10. The Hall–Kier alpha value is -0.800. The molecule has 3 nitrogen and oxygen atoms in total. The number of furan rings is 1. The van der Waals surface area contributed by atoms with Crippen LogP contribution in [0, 0.1) is 0 Å². The first kappa shape index (κ1) is 11.3. The summed E-state index contributed by atoms with van der Waals surface area (Å²) in [6, 6.07) is 4.20. The van der Waals surface area contributed by atoms with E-state index < -0.39 is 0 Å². The lowest BCUT2D eigenvalue weighted by Crippen LogP contribution is -2.34. The van der Waals surface area contributed by atoms with Crippen LogP contribution >= 0.6 is 0 Å². The molecule has 0 radical (unpaired) electrons. The van der Waals surface area contributed by atoms with E-state index in [1.165, 1.54) is 0 Å². The van der Waals surface area contributed by atoms with Crippen LogP contribution < -0.4 is 11.1 Å². The molecule has 80 valence electrons. The average molecular weight is 196 g/mol. The summed E-state index contributed by atoms with van der Waals surface area (Å²) >= 11 is 0. The molecule has 0 aromatic carbocycles. The van der Waals surface area contributed by atoms with Crippen LogP contribution in [0.15, 0.2) is 22.8 Å². The van der Waals surface area contributed by atoms with Gasteiger partial charge in [-0.2, -0.15) is 0 Å². The van der Waals surface area contributed by atoms with Gasteiger partial charge in [0.1, 0.15) is 5.76 Å². The van der Waals surface area contributed by atoms with Crippen LogP contribution in [0.25, 0.3) is 0 Å². The zero-order valence-electron chi connectivity index (χ0n) is 8.83. The van der Waals surface area contributed by atoms with E-state index in [1.807, 2.05) is 12.1 Å². The Balaban J connectivity index is 1.99. The molecule has 0 aliphatic heterocycles. The van der Waals surface area contributed by atoms with Gasteiger partial charge in [0.25, 0.3) is 0 Å². The summed E-state index contributed by atoms with van der Waals surface area (Å²) in [5, 5.41) is 3.32. The summed E-state index contributed by atoms with van der Waals surface area (Å²) in [5.41, 5.74) is 5.86. The number of hydrogen-bond donors (Lipinski definition) is 2. The summed E-state index contributed by atoms with van der Waals surface area (Å²) in [4.78, 5) is 0. The minimum atomic E-state index is 0.289. The van der Waals surface area contributed by atoms with E-state index in [1.54, 1.807) is 6.26 Å². The predicted octanol–water partition coefficient (Wildman–Crippen LogP) is 1.54. The maximum Gasteiger partial charge on any atom is 0.105 e. The summed E-state index contributed by atoms with van der Waals surface area (Å²) in [5.74, 6) is 1.03. The molecule has 0 aliphatic rings. The number of rotatable bonds is 7. The van der Waals surface area contributed by atoms with Crippen LogP contribution in [0.3, 0.4) is 0 Å². The maximum absolute atomic E-state index is 5.86. The van der Waals surface area contributed by atoms with Crippen LogP contribution in [-0.2, 0) is 6.42 Å². The van der Waals surface area contributed by atoms with Crippen LogP contribution in [0.1, 0.15) is 25.5 Å². The van der Waals surface area contributed by atoms with E-state index in [-0.39, 0.29) is 6.04 Å². The van der Waals surface area contributed by atoms with Crippen molar-refractivity contribution >= 4 is 0 Å². The normalized spacial score (nSPS) is 13.0. The van der Waals surface area contributed by atoms with Crippen molar-refractivity contribution in [3.8, 4) is 0 Å². The fourth-order valence-electron chi connectivity index (χ4n) is 1.43. The molecule has 1 aromatic heterocycles. The standard InChI is InChI=1S/C11H20N2O/c1-2-4-10(12)9-13-7-6-11-5-3-8-14-11/h3,5,8,10,13H,2,4,6-7,9,12H2,1H3. The van der Waals surface area contributed by atoms with Gasteiger partial charge in [-0.15, -0.1) is 0 Å². The van der Waals surface area contributed by atoms with Gasteiger partial charge in [-0.3, -0.25) is 0 Å². The molecule has 1 unspecified atom stereocenters. The highest BCUT2D eigenvalue weighted by molar-refractivity contribution is 4.98. The highest BCUT2D eigenvalue weighted by atomic mass is 16.3. The average Bonchev–Trinajstić information content (AvgIpc) is 2.65. The van der Waals surface area contributed by atoms with Crippen molar-refractivity contribution in [1.82, 2.24) is 5.32 Å². The third-order valence-corrected chi connectivity index (χ3v) is 2.19. The molecule has 3 heteroatoms. The van der Waals surface area contributed by atoms with Crippen molar-refractivity contribution in [2.24, 2.45) is 5.73 Å². The zero-order chi connectivity index (χ0) is 10.2. The van der Waals surface area contributed by atoms with E-state index in [4.69, 9.17) is 10.2 Å². The SMILES string of the molecule is CCCC(N)CNCCc1ccco1. The van der Waals surface area contributed by atoms with E-state index in [9.17, 15) is 0 Å². The van der Waals surface area contributed by atoms with Gasteiger partial charge >= 0.3 is 0 Å². The van der Waals surface area contributed by atoms with Crippen LogP contribution in [-0.4, -0.2) is 19.1 Å². The molecule has 1 atom stereocenters. The van der Waals surface area contributed by atoms with Gasteiger partial charge in [-0.05, 0) is 18.6 Å². The van der Waals surface area contributed by atoms with Crippen LogP contribution in [0.4, 0.5) is 0 Å². The molecule has 0 bridgehead atoms. The second-order valence-corrected chi connectivity index (χ2v) is 3.58. The quantitative estimate of drug-likeness (QED) is 0.650. The monoisotopic (exact) mass is 196 g/mol. The molecule has 0 saturated carbocycles. The van der Waals surface area contributed by atoms with Crippen molar-refractivity contribution in [3.05, 3.63) is 24.2 Å². The van der Waals surface area contributed by atoms with E-state index >= 15 is 0 Å². The smallest absolute Gasteiger partial charge is 0.105 e. The molecule has 0 saturated heterocycles.